The molecule has 1 aliphatic heterocycles. The van der Waals surface area contributed by atoms with Crippen LogP contribution in [0.2, 0.25) is 0 Å². The van der Waals surface area contributed by atoms with Gasteiger partial charge in [-0.05, 0) is 72.8 Å². The Balaban J connectivity index is 1.47. The smallest absolute Gasteiger partial charge is 0.257 e. The third kappa shape index (κ3) is 5.83. The first-order chi connectivity index (χ1) is 14.5. The van der Waals surface area contributed by atoms with Gasteiger partial charge in [-0.2, -0.15) is 14.6 Å². The lowest BCUT2D eigenvalue weighted by molar-refractivity contribution is 0.564. The van der Waals surface area contributed by atoms with Crippen LogP contribution < -0.4 is 45.3 Å². The van der Waals surface area contributed by atoms with Crippen LogP contribution in [0.5, 0.6) is 17.2 Å². The number of nitrogens with one attached hydrogen (secondary N) is 3. The fraction of sp³-hybridized carbons (Fsp3) is 0. The third-order valence-corrected chi connectivity index (χ3v) is 9.32. The second-order valence-electron chi connectivity index (χ2n) is 6.16. The summed E-state index contributed by atoms with van der Waals surface area (Å²) in [6, 6.07) is 21.6. The Morgan fingerprint density at radius 1 is 0.433 bits per heavy atom. The zero-order valence-electron chi connectivity index (χ0n) is 15.7. The maximum absolute atomic E-state index is 6.06. The van der Waals surface area contributed by atoms with E-state index in [4.69, 9.17) is 30.8 Å². The van der Waals surface area contributed by atoms with Gasteiger partial charge in [0, 0.05) is 17.1 Å². The molecule has 1 aliphatic rings. The molecule has 0 radical (unpaired) electrons. The van der Waals surface area contributed by atoms with E-state index in [0.717, 1.165) is 0 Å². The van der Waals surface area contributed by atoms with Crippen molar-refractivity contribution < 1.29 is 13.6 Å². The summed E-state index contributed by atoms with van der Waals surface area (Å²) in [6.45, 7) is 0. The summed E-state index contributed by atoms with van der Waals surface area (Å²) in [7, 11) is -3.86. The largest absolute Gasteiger partial charge is 0.444 e. The Morgan fingerprint density at radius 2 is 0.667 bits per heavy atom. The minimum absolute atomic E-state index is 0.671. The molecule has 3 aromatic carbocycles. The standard InChI is InChI=1S/C18H21N6O3P3/c19-13-1-7-16(8-2-13)25-28-22-29(26-17-9-3-14(20)4-10-17)24-30(23-28)27-18-11-5-15(21)6-12-18/h1-12,22-24H,19-21H2. The van der Waals surface area contributed by atoms with Gasteiger partial charge in [0.05, 0.1) is 0 Å². The summed E-state index contributed by atoms with van der Waals surface area (Å²) in [5.74, 6) is 2.05. The second-order valence-corrected chi connectivity index (χ2v) is 10.9. The van der Waals surface area contributed by atoms with Gasteiger partial charge < -0.3 is 30.8 Å². The van der Waals surface area contributed by atoms with Crippen LogP contribution >= 0.6 is 25.3 Å². The summed E-state index contributed by atoms with van der Waals surface area (Å²) < 4.78 is 18.2. The molecule has 0 bridgehead atoms. The zero-order chi connectivity index (χ0) is 20.9. The number of benzene rings is 3. The number of nitrogens with two attached hydrogens (primary N) is 3. The van der Waals surface area contributed by atoms with Crippen LogP contribution in [0.1, 0.15) is 0 Å². The first kappa shape index (κ1) is 20.9. The van der Waals surface area contributed by atoms with Crippen LogP contribution in [-0.4, -0.2) is 0 Å². The minimum Gasteiger partial charge on any atom is -0.444 e. The van der Waals surface area contributed by atoms with Crippen molar-refractivity contribution in [3.05, 3.63) is 72.8 Å². The van der Waals surface area contributed by atoms with Crippen molar-refractivity contribution in [2.24, 2.45) is 0 Å². The molecule has 3 aromatic rings. The third-order valence-electron chi connectivity index (χ3n) is 3.78. The van der Waals surface area contributed by atoms with Crippen molar-refractivity contribution in [3.8, 4) is 17.2 Å². The van der Waals surface area contributed by atoms with Crippen molar-refractivity contribution in [2.45, 2.75) is 0 Å². The highest BCUT2D eigenvalue weighted by Gasteiger charge is 2.34. The Morgan fingerprint density at radius 3 is 0.900 bits per heavy atom. The van der Waals surface area contributed by atoms with E-state index in [1.54, 1.807) is 36.4 Å². The molecule has 9 nitrogen and oxygen atoms in total. The highest BCUT2D eigenvalue weighted by atomic mass is 31.3. The predicted octanol–water partition coefficient (Wildman–Crippen LogP) is 4.43. The molecule has 0 aliphatic carbocycles. The van der Waals surface area contributed by atoms with Gasteiger partial charge >= 0.3 is 0 Å². The second kappa shape index (κ2) is 9.63. The molecule has 1 saturated heterocycles. The van der Waals surface area contributed by atoms with E-state index in [-0.39, 0.29) is 0 Å². The lowest BCUT2D eigenvalue weighted by Gasteiger charge is -2.34. The molecule has 0 saturated carbocycles. The van der Waals surface area contributed by atoms with Gasteiger partial charge in [0.15, 0.2) is 0 Å². The van der Waals surface area contributed by atoms with E-state index in [1.165, 1.54) is 0 Å². The van der Waals surface area contributed by atoms with Gasteiger partial charge in [0.1, 0.15) is 17.2 Å². The van der Waals surface area contributed by atoms with Gasteiger partial charge in [0.25, 0.3) is 25.3 Å². The summed E-state index contributed by atoms with van der Waals surface area (Å²) >= 11 is 0. The van der Waals surface area contributed by atoms with Gasteiger partial charge in [-0.1, -0.05) is 0 Å². The highest BCUT2D eigenvalue weighted by molar-refractivity contribution is 7.79. The molecule has 0 spiro atoms. The van der Waals surface area contributed by atoms with Gasteiger partial charge in [-0.15, -0.1) is 0 Å². The molecule has 1 fully saturated rings. The summed E-state index contributed by atoms with van der Waals surface area (Å²) in [4.78, 5) is 9.96. The van der Waals surface area contributed by atoms with Gasteiger partial charge in [0.2, 0.25) is 0 Å². The number of nitrogen functional groups attached to an aromatic ring is 3. The van der Waals surface area contributed by atoms with Crippen molar-refractivity contribution in [1.82, 2.24) is 14.6 Å². The summed E-state index contributed by atoms with van der Waals surface area (Å²) in [6.07, 6.45) is 0. The first-order valence-corrected chi connectivity index (χ1v) is 12.6. The Bertz CT molecular complexity index is 829. The molecule has 4 rings (SSSR count). The monoisotopic (exact) mass is 462 g/mol. The van der Waals surface area contributed by atoms with Crippen LogP contribution in [0.3, 0.4) is 0 Å². The van der Waals surface area contributed by atoms with Crippen LogP contribution in [0, 0.1) is 0 Å². The number of rotatable bonds is 6. The number of hydrogen-bond acceptors (Lipinski definition) is 9. The van der Waals surface area contributed by atoms with Crippen molar-refractivity contribution in [1.29, 1.82) is 0 Å². The molecule has 1 heterocycles. The molecule has 156 valence electrons. The normalized spacial score (nSPS) is 21.0. The van der Waals surface area contributed by atoms with Crippen LogP contribution in [0.4, 0.5) is 17.1 Å². The van der Waals surface area contributed by atoms with Gasteiger partial charge in [-0.25, -0.2) is 0 Å². The fourth-order valence-electron chi connectivity index (χ4n) is 2.34. The maximum Gasteiger partial charge on any atom is 0.257 e. The lowest BCUT2D eigenvalue weighted by atomic mass is 10.3. The number of hydrogen-bond donors (Lipinski definition) is 6. The molecule has 0 unspecified atom stereocenters. The average Bonchev–Trinajstić information content (AvgIpc) is 2.73. The van der Waals surface area contributed by atoms with Crippen molar-refractivity contribution >= 4 is 42.4 Å². The Labute approximate surface area is 178 Å². The van der Waals surface area contributed by atoms with Crippen LogP contribution in [0.15, 0.2) is 72.8 Å². The molecular weight excluding hydrogens is 441 g/mol. The van der Waals surface area contributed by atoms with E-state index in [2.05, 4.69) is 14.6 Å². The zero-order valence-corrected chi connectivity index (χ0v) is 18.4. The molecule has 30 heavy (non-hydrogen) atoms. The van der Waals surface area contributed by atoms with Crippen molar-refractivity contribution in [3.63, 3.8) is 0 Å². The van der Waals surface area contributed by atoms with Gasteiger partial charge in [-0.3, -0.25) is 0 Å². The Hall–Kier alpha value is -2.37. The summed E-state index contributed by atoms with van der Waals surface area (Å²) in [5.41, 5.74) is 19.3. The predicted molar refractivity (Wildman–Crippen MR) is 125 cm³/mol. The van der Waals surface area contributed by atoms with Crippen LogP contribution in [0.25, 0.3) is 0 Å². The van der Waals surface area contributed by atoms with E-state index in [0.29, 0.717) is 34.3 Å². The van der Waals surface area contributed by atoms with Crippen LogP contribution in [-0.2, 0) is 0 Å². The SMILES string of the molecule is Nc1ccc(OP2NP(Oc3ccc(N)cc3)NP(Oc3ccc(N)cc3)N2)cc1. The molecule has 9 N–H and O–H groups in total. The number of anilines is 3. The topological polar surface area (TPSA) is 142 Å². The Kier molecular flexibility index (Phi) is 6.70. The molecule has 12 heteroatoms. The van der Waals surface area contributed by atoms with Crippen molar-refractivity contribution in [2.75, 3.05) is 17.2 Å². The molecular formula is C18H21N6O3P3. The molecule has 0 amide bonds. The highest BCUT2D eigenvalue weighted by Crippen LogP contribution is 2.56. The minimum atomic E-state index is -1.29. The summed E-state index contributed by atoms with van der Waals surface area (Å²) in [5, 5.41) is 0. The molecule has 0 atom stereocenters. The van der Waals surface area contributed by atoms with E-state index in [1.807, 2.05) is 36.4 Å². The quantitative estimate of drug-likeness (QED) is 0.232. The maximum atomic E-state index is 6.06. The molecule has 0 aromatic heterocycles. The first-order valence-electron chi connectivity index (χ1n) is 8.83. The van der Waals surface area contributed by atoms with E-state index in [9.17, 15) is 0 Å². The van der Waals surface area contributed by atoms with E-state index < -0.39 is 25.3 Å². The van der Waals surface area contributed by atoms with E-state index >= 15 is 0 Å². The lowest BCUT2D eigenvalue weighted by Crippen LogP contribution is -2.32. The average molecular weight is 462 g/mol. The fourth-order valence-corrected chi connectivity index (χ4v) is 8.04.